The van der Waals surface area contributed by atoms with Crippen molar-refractivity contribution < 1.29 is 13.5 Å². The Morgan fingerprint density at radius 3 is 2.32 bits per heavy atom. The van der Waals surface area contributed by atoms with E-state index in [1.54, 1.807) is 24.3 Å². The second-order valence-electron chi connectivity index (χ2n) is 5.96. The first-order chi connectivity index (χ1) is 12.0. The van der Waals surface area contributed by atoms with E-state index in [1.807, 2.05) is 30.3 Å². The SMILES string of the molecule is CS(=O)(=O)c1ccc(-c2n[nH]c(CCO)c2Cc2ccccc2)cc1. The number of nitrogens with zero attached hydrogens (tertiary/aromatic N) is 1. The van der Waals surface area contributed by atoms with Crippen LogP contribution < -0.4 is 0 Å². The molecule has 2 aromatic carbocycles. The van der Waals surface area contributed by atoms with E-state index in [2.05, 4.69) is 10.2 Å². The summed E-state index contributed by atoms with van der Waals surface area (Å²) in [6, 6.07) is 16.8. The highest BCUT2D eigenvalue weighted by Crippen LogP contribution is 2.27. The maximum atomic E-state index is 11.6. The summed E-state index contributed by atoms with van der Waals surface area (Å²) in [6.07, 6.45) is 2.38. The van der Waals surface area contributed by atoms with E-state index in [4.69, 9.17) is 0 Å². The van der Waals surface area contributed by atoms with Crippen LogP contribution in [0.1, 0.15) is 16.8 Å². The van der Waals surface area contributed by atoms with Crippen LogP contribution in [0, 0.1) is 0 Å². The number of aromatic amines is 1. The smallest absolute Gasteiger partial charge is 0.175 e. The maximum absolute atomic E-state index is 11.6. The molecule has 1 aromatic heterocycles. The summed E-state index contributed by atoms with van der Waals surface area (Å²) >= 11 is 0. The van der Waals surface area contributed by atoms with Gasteiger partial charge in [-0.05, 0) is 17.7 Å². The molecule has 1 heterocycles. The first kappa shape index (κ1) is 17.4. The van der Waals surface area contributed by atoms with E-state index in [-0.39, 0.29) is 11.5 Å². The molecule has 0 aliphatic carbocycles. The standard InChI is InChI=1S/C19H20N2O3S/c1-25(23,24)16-9-7-15(8-10-16)19-17(18(11-12-22)20-21-19)13-14-5-3-2-4-6-14/h2-10,22H,11-13H2,1H3,(H,20,21). The normalized spacial score (nSPS) is 11.6. The van der Waals surface area contributed by atoms with Crippen LogP contribution in [-0.4, -0.2) is 36.6 Å². The topological polar surface area (TPSA) is 83.0 Å². The molecule has 25 heavy (non-hydrogen) atoms. The number of rotatable bonds is 6. The lowest BCUT2D eigenvalue weighted by Gasteiger charge is -2.07. The summed E-state index contributed by atoms with van der Waals surface area (Å²) < 4.78 is 23.3. The van der Waals surface area contributed by atoms with Gasteiger partial charge in [0.1, 0.15) is 0 Å². The van der Waals surface area contributed by atoms with Gasteiger partial charge in [0.15, 0.2) is 9.84 Å². The number of aliphatic hydroxyl groups excluding tert-OH is 1. The van der Waals surface area contributed by atoms with E-state index in [0.717, 1.165) is 28.1 Å². The second kappa shape index (κ2) is 7.21. The van der Waals surface area contributed by atoms with E-state index < -0.39 is 9.84 Å². The van der Waals surface area contributed by atoms with Crippen molar-refractivity contribution in [3.05, 3.63) is 71.4 Å². The molecular weight excluding hydrogens is 336 g/mol. The zero-order valence-corrected chi connectivity index (χ0v) is 14.8. The van der Waals surface area contributed by atoms with Crippen molar-refractivity contribution in [1.82, 2.24) is 10.2 Å². The Bertz CT molecular complexity index is 946. The molecule has 2 N–H and O–H groups in total. The predicted molar refractivity (Wildman–Crippen MR) is 97.2 cm³/mol. The van der Waals surface area contributed by atoms with Crippen molar-refractivity contribution in [1.29, 1.82) is 0 Å². The molecule has 6 heteroatoms. The number of nitrogens with one attached hydrogen (secondary N) is 1. The Balaban J connectivity index is 2.01. The molecule has 0 atom stereocenters. The van der Waals surface area contributed by atoms with Gasteiger partial charge >= 0.3 is 0 Å². The molecule has 0 radical (unpaired) electrons. The Morgan fingerprint density at radius 2 is 1.72 bits per heavy atom. The van der Waals surface area contributed by atoms with Gasteiger partial charge in [0.25, 0.3) is 0 Å². The van der Waals surface area contributed by atoms with Crippen LogP contribution in [0.15, 0.2) is 59.5 Å². The van der Waals surface area contributed by atoms with Crippen LogP contribution in [0.2, 0.25) is 0 Å². The summed E-state index contributed by atoms with van der Waals surface area (Å²) in [4.78, 5) is 0.284. The number of hydrogen-bond acceptors (Lipinski definition) is 4. The van der Waals surface area contributed by atoms with Crippen molar-refractivity contribution in [2.75, 3.05) is 12.9 Å². The van der Waals surface area contributed by atoms with Gasteiger partial charge in [-0.15, -0.1) is 0 Å². The highest BCUT2D eigenvalue weighted by Gasteiger charge is 2.16. The lowest BCUT2D eigenvalue weighted by molar-refractivity contribution is 0.298. The lowest BCUT2D eigenvalue weighted by atomic mass is 9.98. The molecule has 0 spiro atoms. The number of hydrogen-bond donors (Lipinski definition) is 2. The minimum absolute atomic E-state index is 0.0381. The summed E-state index contributed by atoms with van der Waals surface area (Å²) in [6.45, 7) is 0.0381. The minimum Gasteiger partial charge on any atom is -0.396 e. The maximum Gasteiger partial charge on any atom is 0.175 e. The Morgan fingerprint density at radius 1 is 1.04 bits per heavy atom. The van der Waals surface area contributed by atoms with Crippen molar-refractivity contribution in [2.45, 2.75) is 17.7 Å². The molecule has 0 saturated carbocycles. The van der Waals surface area contributed by atoms with Crippen LogP contribution in [0.25, 0.3) is 11.3 Å². The quantitative estimate of drug-likeness (QED) is 0.711. The third kappa shape index (κ3) is 3.97. The fourth-order valence-electron chi connectivity index (χ4n) is 2.81. The zero-order chi connectivity index (χ0) is 17.9. The summed E-state index contributed by atoms with van der Waals surface area (Å²) in [5, 5.41) is 16.7. The fraction of sp³-hybridized carbons (Fsp3) is 0.211. The lowest BCUT2D eigenvalue weighted by Crippen LogP contribution is -1.99. The molecule has 0 fully saturated rings. The number of aromatic nitrogens is 2. The monoisotopic (exact) mass is 356 g/mol. The molecule has 3 aromatic rings. The predicted octanol–water partition coefficient (Wildman–Crippen LogP) is 2.61. The summed E-state index contributed by atoms with van der Waals surface area (Å²) in [7, 11) is -3.23. The van der Waals surface area contributed by atoms with Crippen molar-refractivity contribution in [2.24, 2.45) is 0 Å². The molecule has 0 amide bonds. The molecule has 0 bridgehead atoms. The number of H-pyrrole nitrogens is 1. The third-order valence-electron chi connectivity index (χ3n) is 4.09. The molecule has 0 unspecified atom stereocenters. The van der Waals surface area contributed by atoms with E-state index in [0.29, 0.717) is 12.8 Å². The Labute approximate surface area is 147 Å². The number of benzene rings is 2. The largest absolute Gasteiger partial charge is 0.396 e. The van der Waals surface area contributed by atoms with Gasteiger partial charge in [0.05, 0.1) is 10.6 Å². The van der Waals surface area contributed by atoms with Gasteiger partial charge < -0.3 is 5.11 Å². The van der Waals surface area contributed by atoms with Crippen molar-refractivity contribution >= 4 is 9.84 Å². The summed E-state index contributed by atoms with van der Waals surface area (Å²) in [5.74, 6) is 0. The first-order valence-corrected chi connectivity index (χ1v) is 9.89. The number of sulfone groups is 1. The first-order valence-electron chi connectivity index (χ1n) is 8.00. The molecule has 0 aliphatic rings. The van der Waals surface area contributed by atoms with Gasteiger partial charge in [-0.25, -0.2) is 8.42 Å². The molecule has 130 valence electrons. The molecule has 5 nitrogen and oxygen atoms in total. The van der Waals surface area contributed by atoms with E-state index >= 15 is 0 Å². The van der Waals surface area contributed by atoms with Crippen LogP contribution in [-0.2, 0) is 22.7 Å². The van der Waals surface area contributed by atoms with Crippen molar-refractivity contribution in [3.63, 3.8) is 0 Å². The number of aliphatic hydroxyl groups is 1. The van der Waals surface area contributed by atoms with E-state index in [9.17, 15) is 13.5 Å². The summed E-state index contributed by atoms with van der Waals surface area (Å²) in [5.41, 5.74) is 4.70. The third-order valence-corrected chi connectivity index (χ3v) is 5.22. The van der Waals surface area contributed by atoms with Crippen LogP contribution in [0.4, 0.5) is 0 Å². The fourth-order valence-corrected chi connectivity index (χ4v) is 3.44. The van der Waals surface area contributed by atoms with Crippen molar-refractivity contribution in [3.8, 4) is 11.3 Å². The van der Waals surface area contributed by atoms with Crippen LogP contribution in [0.5, 0.6) is 0 Å². The van der Waals surface area contributed by atoms with Gasteiger partial charge in [-0.1, -0.05) is 42.5 Å². The van der Waals surface area contributed by atoms with Gasteiger partial charge in [-0.2, -0.15) is 5.10 Å². The highest BCUT2D eigenvalue weighted by molar-refractivity contribution is 7.90. The molecular formula is C19H20N2O3S. The molecule has 0 saturated heterocycles. The van der Waals surface area contributed by atoms with Crippen LogP contribution in [0.3, 0.4) is 0 Å². The average Bonchev–Trinajstić information content (AvgIpc) is 2.98. The second-order valence-corrected chi connectivity index (χ2v) is 7.98. The Kier molecular flexibility index (Phi) is 5.01. The average molecular weight is 356 g/mol. The zero-order valence-electron chi connectivity index (χ0n) is 13.9. The highest BCUT2D eigenvalue weighted by atomic mass is 32.2. The van der Waals surface area contributed by atoms with Crippen LogP contribution >= 0.6 is 0 Å². The van der Waals surface area contributed by atoms with Gasteiger partial charge in [-0.3, -0.25) is 5.10 Å². The minimum atomic E-state index is -3.23. The van der Waals surface area contributed by atoms with Gasteiger partial charge in [0.2, 0.25) is 0 Å². The van der Waals surface area contributed by atoms with Gasteiger partial charge in [0, 0.05) is 42.5 Å². The molecule has 0 aliphatic heterocycles. The molecule has 3 rings (SSSR count). The van der Waals surface area contributed by atoms with E-state index in [1.165, 1.54) is 6.26 Å². The Hall–Kier alpha value is -2.44.